The van der Waals surface area contributed by atoms with E-state index in [0.29, 0.717) is 0 Å². The molecule has 9 rings (SSSR count). The Morgan fingerprint density at radius 3 is 1.84 bits per heavy atom. The molecule has 0 saturated carbocycles. The SMILES string of the molecule is c1ccc(-c2cc(-c3ccccc3)nc(-c3ccc4c(c3)c3sc5ccc6ccccc6c5c3n4-c3ccccc3)n2)cc1. The minimum Gasteiger partial charge on any atom is -0.308 e. The van der Waals surface area contributed by atoms with Crippen LogP contribution in [0.3, 0.4) is 0 Å². The van der Waals surface area contributed by atoms with Gasteiger partial charge in [-0.25, -0.2) is 9.97 Å². The maximum absolute atomic E-state index is 5.12. The lowest BCUT2D eigenvalue weighted by molar-refractivity contribution is 1.18. The van der Waals surface area contributed by atoms with Crippen LogP contribution in [0.2, 0.25) is 0 Å². The van der Waals surface area contributed by atoms with E-state index in [9.17, 15) is 0 Å². The van der Waals surface area contributed by atoms with Gasteiger partial charge in [0.1, 0.15) is 0 Å². The second-order valence-corrected chi connectivity index (χ2v) is 12.1. The molecule has 6 aromatic carbocycles. The number of rotatable bonds is 4. The molecule has 3 nitrogen and oxygen atoms in total. The van der Waals surface area contributed by atoms with Gasteiger partial charge in [-0.2, -0.15) is 0 Å². The van der Waals surface area contributed by atoms with Gasteiger partial charge in [-0.1, -0.05) is 109 Å². The number of nitrogens with zero attached hydrogens (tertiary/aromatic N) is 3. The summed E-state index contributed by atoms with van der Waals surface area (Å²) in [4.78, 5) is 10.2. The minimum absolute atomic E-state index is 0.722. The first-order valence-electron chi connectivity index (χ1n) is 14.8. The van der Waals surface area contributed by atoms with E-state index in [1.807, 2.05) is 23.5 Å². The molecular weight excluding hydrogens is 555 g/mol. The van der Waals surface area contributed by atoms with Crippen molar-refractivity contribution in [1.29, 1.82) is 0 Å². The molecule has 44 heavy (non-hydrogen) atoms. The molecule has 4 heteroatoms. The minimum atomic E-state index is 0.722. The van der Waals surface area contributed by atoms with Crippen LogP contribution in [0.15, 0.2) is 152 Å². The number of hydrogen-bond acceptors (Lipinski definition) is 3. The van der Waals surface area contributed by atoms with Crippen LogP contribution < -0.4 is 0 Å². The average molecular weight is 580 g/mol. The highest BCUT2D eigenvalue weighted by Crippen LogP contribution is 2.45. The Hall–Kier alpha value is -5.58. The highest BCUT2D eigenvalue weighted by molar-refractivity contribution is 7.27. The van der Waals surface area contributed by atoms with Crippen LogP contribution in [0, 0.1) is 0 Å². The first kappa shape index (κ1) is 25.0. The Balaban J connectivity index is 1.34. The molecule has 0 spiro atoms. The molecule has 0 atom stereocenters. The summed E-state index contributed by atoms with van der Waals surface area (Å²) in [7, 11) is 0. The van der Waals surface area contributed by atoms with E-state index in [1.54, 1.807) is 0 Å². The van der Waals surface area contributed by atoms with Crippen molar-refractivity contribution in [2.45, 2.75) is 0 Å². The van der Waals surface area contributed by atoms with Crippen LogP contribution in [0.5, 0.6) is 0 Å². The Labute approximate surface area is 258 Å². The topological polar surface area (TPSA) is 30.7 Å². The van der Waals surface area contributed by atoms with Gasteiger partial charge in [-0.05, 0) is 53.2 Å². The molecule has 3 aromatic heterocycles. The standard InChI is InChI=1S/C40H25N3S/c1-4-13-27(14-5-1)33-25-34(28-15-6-2-7-16-28)42-40(41-33)29-20-22-35-32(24-29)39-38(43(35)30-17-8-3-9-18-30)37-31-19-11-10-12-26(31)21-23-36(37)44-39/h1-25H. The van der Waals surface area contributed by atoms with Crippen molar-refractivity contribution in [1.82, 2.24) is 14.5 Å². The molecule has 0 N–H and O–H groups in total. The first-order valence-corrected chi connectivity index (χ1v) is 15.6. The van der Waals surface area contributed by atoms with Crippen molar-refractivity contribution in [2.75, 3.05) is 0 Å². The van der Waals surface area contributed by atoms with Crippen molar-refractivity contribution in [3.63, 3.8) is 0 Å². The number of para-hydroxylation sites is 1. The largest absolute Gasteiger partial charge is 0.308 e. The van der Waals surface area contributed by atoms with E-state index in [4.69, 9.17) is 9.97 Å². The zero-order chi connectivity index (χ0) is 29.0. The van der Waals surface area contributed by atoms with Crippen molar-refractivity contribution in [2.24, 2.45) is 0 Å². The number of aromatic nitrogens is 3. The van der Waals surface area contributed by atoms with E-state index < -0.39 is 0 Å². The summed E-state index contributed by atoms with van der Waals surface area (Å²) in [6.07, 6.45) is 0. The third kappa shape index (κ3) is 3.96. The Morgan fingerprint density at radius 1 is 0.500 bits per heavy atom. The first-order chi connectivity index (χ1) is 21.8. The van der Waals surface area contributed by atoms with Crippen molar-refractivity contribution in [3.8, 4) is 39.6 Å². The van der Waals surface area contributed by atoms with Crippen LogP contribution in [0.1, 0.15) is 0 Å². The summed E-state index contributed by atoms with van der Waals surface area (Å²) in [5.41, 5.74) is 8.56. The van der Waals surface area contributed by atoms with Crippen molar-refractivity contribution >= 4 is 53.3 Å². The maximum Gasteiger partial charge on any atom is 0.160 e. The molecule has 0 saturated heterocycles. The van der Waals surface area contributed by atoms with Gasteiger partial charge in [0.15, 0.2) is 5.82 Å². The van der Waals surface area contributed by atoms with Crippen LogP contribution in [0.25, 0.3) is 81.6 Å². The van der Waals surface area contributed by atoms with E-state index >= 15 is 0 Å². The Kier molecular flexibility index (Phi) is 5.68. The fourth-order valence-electron chi connectivity index (χ4n) is 6.36. The summed E-state index contributed by atoms with van der Waals surface area (Å²) in [5.74, 6) is 0.722. The third-order valence-corrected chi connectivity index (χ3v) is 9.58. The third-order valence-electron chi connectivity index (χ3n) is 8.40. The molecule has 0 fully saturated rings. The predicted molar refractivity (Wildman–Crippen MR) is 186 cm³/mol. The van der Waals surface area contributed by atoms with Gasteiger partial charge in [-0.3, -0.25) is 0 Å². The van der Waals surface area contributed by atoms with E-state index in [0.717, 1.165) is 39.6 Å². The number of benzene rings is 6. The van der Waals surface area contributed by atoms with E-state index in [-0.39, 0.29) is 0 Å². The molecule has 0 unspecified atom stereocenters. The zero-order valence-corrected chi connectivity index (χ0v) is 24.5. The molecule has 0 aliphatic heterocycles. The van der Waals surface area contributed by atoms with Crippen LogP contribution in [0.4, 0.5) is 0 Å². The predicted octanol–water partition coefficient (Wildman–Crippen LogP) is 10.9. The van der Waals surface area contributed by atoms with Gasteiger partial charge in [-0.15, -0.1) is 11.3 Å². The molecule has 9 aromatic rings. The Bertz CT molecular complexity index is 2420. The van der Waals surface area contributed by atoms with Crippen LogP contribution in [-0.2, 0) is 0 Å². The van der Waals surface area contributed by atoms with Gasteiger partial charge in [0, 0.05) is 37.9 Å². The summed E-state index contributed by atoms with van der Waals surface area (Å²) in [6.45, 7) is 0. The molecule has 0 aliphatic rings. The monoisotopic (exact) mass is 579 g/mol. The Morgan fingerprint density at radius 2 is 1.14 bits per heavy atom. The molecule has 0 aliphatic carbocycles. The lowest BCUT2D eigenvalue weighted by Crippen LogP contribution is -1.96. The van der Waals surface area contributed by atoms with Gasteiger partial charge < -0.3 is 4.57 Å². The highest BCUT2D eigenvalue weighted by atomic mass is 32.1. The normalized spacial score (nSPS) is 11.6. The second-order valence-electron chi connectivity index (χ2n) is 11.0. The molecule has 0 radical (unpaired) electrons. The average Bonchev–Trinajstić information content (AvgIpc) is 3.64. The van der Waals surface area contributed by atoms with E-state index in [1.165, 1.54) is 42.0 Å². The quantitative estimate of drug-likeness (QED) is 0.208. The fraction of sp³-hybridized carbons (Fsp3) is 0. The number of thiophene rings is 1. The summed E-state index contributed by atoms with van der Waals surface area (Å²) in [6, 6.07) is 53.4. The van der Waals surface area contributed by atoms with Crippen molar-refractivity contribution in [3.05, 3.63) is 152 Å². The second kappa shape index (κ2) is 10.0. The van der Waals surface area contributed by atoms with Gasteiger partial charge >= 0.3 is 0 Å². The smallest absolute Gasteiger partial charge is 0.160 e. The number of hydrogen-bond donors (Lipinski definition) is 0. The number of fused-ring (bicyclic) bond motifs is 7. The van der Waals surface area contributed by atoms with Crippen LogP contribution in [-0.4, -0.2) is 14.5 Å². The van der Waals surface area contributed by atoms with Crippen molar-refractivity contribution < 1.29 is 0 Å². The highest BCUT2D eigenvalue weighted by Gasteiger charge is 2.20. The summed E-state index contributed by atoms with van der Waals surface area (Å²) in [5, 5.41) is 5.05. The lowest BCUT2D eigenvalue weighted by atomic mass is 10.1. The molecule has 0 amide bonds. The van der Waals surface area contributed by atoms with Gasteiger partial charge in [0.2, 0.25) is 0 Å². The van der Waals surface area contributed by atoms with Gasteiger partial charge in [0.25, 0.3) is 0 Å². The van der Waals surface area contributed by atoms with E-state index in [2.05, 4.69) is 144 Å². The molecule has 206 valence electrons. The molecule has 0 bridgehead atoms. The van der Waals surface area contributed by atoms with Gasteiger partial charge in [0.05, 0.1) is 27.1 Å². The summed E-state index contributed by atoms with van der Waals surface area (Å²) < 4.78 is 5.00. The molecular formula is C40H25N3S. The lowest BCUT2D eigenvalue weighted by Gasteiger charge is -2.11. The maximum atomic E-state index is 5.12. The zero-order valence-electron chi connectivity index (χ0n) is 23.7. The molecule has 3 heterocycles. The van der Waals surface area contributed by atoms with Crippen LogP contribution >= 0.6 is 11.3 Å². The summed E-state index contributed by atoms with van der Waals surface area (Å²) >= 11 is 1.86. The fourth-order valence-corrected chi connectivity index (χ4v) is 7.58.